The average molecular weight is 391 g/mol. The molecule has 0 spiro atoms. The molecule has 2 heterocycles. The molecule has 0 radical (unpaired) electrons. The van der Waals surface area contributed by atoms with Crippen LogP contribution in [-0.4, -0.2) is 58.3 Å². The minimum atomic E-state index is -0.810. The van der Waals surface area contributed by atoms with Gasteiger partial charge in [-0.15, -0.1) is 0 Å². The van der Waals surface area contributed by atoms with Gasteiger partial charge in [0.2, 0.25) is 0 Å². The first-order chi connectivity index (χ1) is 11.3. The van der Waals surface area contributed by atoms with Crippen molar-refractivity contribution >= 4 is 21.6 Å². The number of allylic oxidation sites excluding steroid dienone is 2. The molecule has 0 aromatic rings. The summed E-state index contributed by atoms with van der Waals surface area (Å²) in [6, 6.07) is 0. The maximum absolute atomic E-state index is 11.5. The van der Waals surface area contributed by atoms with Gasteiger partial charge in [0.1, 0.15) is 0 Å². The molecule has 0 unspecified atom stereocenters. The van der Waals surface area contributed by atoms with Crippen LogP contribution >= 0.6 is 0 Å². The topological polar surface area (TPSA) is 106 Å². The van der Waals surface area contributed by atoms with E-state index in [-0.39, 0.29) is 26.8 Å². The highest BCUT2D eigenvalue weighted by Crippen LogP contribution is 2.44. The van der Waals surface area contributed by atoms with Crippen molar-refractivity contribution in [3.63, 3.8) is 0 Å². The van der Waals surface area contributed by atoms with Crippen molar-refractivity contribution < 1.29 is 24.1 Å². The Morgan fingerprint density at radius 2 is 1.20 bits per heavy atom. The molecule has 0 bridgehead atoms. The van der Waals surface area contributed by atoms with Gasteiger partial charge in [-0.2, -0.15) is 0 Å². The fourth-order valence-electron chi connectivity index (χ4n) is 4.39. The minimum Gasteiger partial charge on any atom is -0.412 e. The Hall–Kier alpha value is -0.340. The van der Waals surface area contributed by atoms with Crippen LogP contribution in [0.2, 0.25) is 0 Å². The lowest BCUT2D eigenvalue weighted by molar-refractivity contribution is 0.0959. The van der Waals surface area contributed by atoms with Gasteiger partial charge in [-0.05, 0) is 25.7 Å². The fourth-order valence-corrected chi connectivity index (χ4v) is 8.60. The summed E-state index contributed by atoms with van der Waals surface area (Å²) in [5.41, 5.74) is -0.410. The van der Waals surface area contributed by atoms with E-state index in [0.29, 0.717) is 11.5 Å². The van der Waals surface area contributed by atoms with Gasteiger partial charge in [0.05, 0.1) is 23.7 Å². The molecule has 2 aliphatic heterocycles. The van der Waals surface area contributed by atoms with Gasteiger partial charge >= 0.3 is 0 Å². The van der Waals surface area contributed by atoms with Crippen LogP contribution in [0, 0.1) is 10.8 Å². The first-order valence-electron chi connectivity index (χ1n) is 8.75. The van der Waals surface area contributed by atoms with Gasteiger partial charge in [0, 0.05) is 42.9 Å². The number of hydrogen-bond donors (Lipinski definition) is 2. The molecule has 4 aliphatic rings. The van der Waals surface area contributed by atoms with E-state index in [2.05, 4.69) is 24.3 Å². The molecule has 0 amide bonds. The number of rotatable bonds is 0. The SMILES string of the molecule is C[C@@]12C=CCC[C@@H]1[S@](=O)C[C@H]2O.C[C@@]12C=CCC[C@@H]1[S@](=O)C[C@H]2O.O. The molecule has 0 saturated carbocycles. The zero-order valence-corrected chi connectivity index (χ0v) is 16.5. The molecule has 4 rings (SSSR count). The number of fused-ring (bicyclic) bond motifs is 2. The zero-order valence-electron chi connectivity index (χ0n) is 14.9. The van der Waals surface area contributed by atoms with E-state index in [4.69, 9.17) is 0 Å². The van der Waals surface area contributed by atoms with E-state index in [9.17, 15) is 18.6 Å². The number of hydrogen-bond acceptors (Lipinski definition) is 4. The molecule has 4 N–H and O–H groups in total. The quantitative estimate of drug-likeness (QED) is 0.598. The van der Waals surface area contributed by atoms with Crippen LogP contribution in [0.4, 0.5) is 0 Å². The molecule has 144 valence electrons. The Bertz CT molecular complexity index is 552. The largest absolute Gasteiger partial charge is 0.412 e. The van der Waals surface area contributed by atoms with Gasteiger partial charge in [-0.3, -0.25) is 8.42 Å². The van der Waals surface area contributed by atoms with Crippen LogP contribution in [-0.2, 0) is 21.6 Å². The number of aliphatic hydroxyl groups is 2. The van der Waals surface area contributed by atoms with Gasteiger partial charge in [-0.25, -0.2) is 0 Å². The van der Waals surface area contributed by atoms with Crippen LogP contribution in [0.1, 0.15) is 39.5 Å². The van der Waals surface area contributed by atoms with Crippen molar-refractivity contribution in [1.29, 1.82) is 0 Å². The van der Waals surface area contributed by atoms with Gasteiger partial charge < -0.3 is 15.7 Å². The molecular weight excluding hydrogens is 360 g/mol. The van der Waals surface area contributed by atoms with Gasteiger partial charge in [0.15, 0.2) is 0 Å². The third-order valence-corrected chi connectivity index (χ3v) is 10.3. The van der Waals surface area contributed by atoms with Crippen molar-refractivity contribution in [2.75, 3.05) is 11.5 Å². The lowest BCUT2D eigenvalue weighted by atomic mass is 9.77. The van der Waals surface area contributed by atoms with E-state index in [0.717, 1.165) is 25.7 Å². The van der Waals surface area contributed by atoms with E-state index in [1.807, 2.05) is 13.8 Å². The van der Waals surface area contributed by atoms with Crippen LogP contribution in [0.3, 0.4) is 0 Å². The monoisotopic (exact) mass is 390 g/mol. The van der Waals surface area contributed by atoms with Crippen molar-refractivity contribution in [2.45, 2.75) is 62.2 Å². The second kappa shape index (κ2) is 7.72. The molecule has 0 aromatic heterocycles. The highest BCUT2D eigenvalue weighted by Gasteiger charge is 2.50. The molecular formula is C18H30O5S2. The normalized spacial score (nSPS) is 50.2. The van der Waals surface area contributed by atoms with Crippen LogP contribution < -0.4 is 0 Å². The minimum absolute atomic E-state index is 0. The summed E-state index contributed by atoms with van der Waals surface area (Å²) in [7, 11) is -1.62. The van der Waals surface area contributed by atoms with E-state index in [1.165, 1.54) is 0 Å². The van der Waals surface area contributed by atoms with E-state index >= 15 is 0 Å². The van der Waals surface area contributed by atoms with Crippen molar-refractivity contribution in [3.8, 4) is 0 Å². The molecule has 5 nitrogen and oxygen atoms in total. The van der Waals surface area contributed by atoms with Gasteiger partial charge in [0.25, 0.3) is 0 Å². The van der Waals surface area contributed by atoms with E-state index < -0.39 is 33.8 Å². The third-order valence-electron chi connectivity index (χ3n) is 6.25. The Kier molecular flexibility index (Phi) is 6.48. The fraction of sp³-hybridized carbons (Fsp3) is 0.778. The summed E-state index contributed by atoms with van der Waals surface area (Å²) in [5, 5.41) is 19.8. The Balaban J connectivity index is 0.000000173. The summed E-state index contributed by atoms with van der Waals surface area (Å²) >= 11 is 0. The Labute approximate surface area is 154 Å². The van der Waals surface area contributed by atoms with Gasteiger partial charge in [-0.1, -0.05) is 38.2 Å². The van der Waals surface area contributed by atoms with Crippen LogP contribution in [0.15, 0.2) is 24.3 Å². The van der Waals surface area contributed by atoms with Crippen LogP contribution in [0.25, 0.3) is 0 Å². The lowest BCUT2D eigenvalue weighted by Crippen LogP contribution is -2.36. The highest BCUT2D eigenvalue weighted by atomic mass is 32.2. The second-order valence-electron chi connectivity index (χ2n) is 7.80. The molecule has 2 aliphatic carbocycles. The first-order valence-corrected chi connectivity index (χ1v) is 11.5. The maximum Gasteiger partial charge on any atom is 0.0754 e. The summed E-state index contributed by atoms with van der Waals surface area (Å²) < 4.78 is 23.1. The first kappa shape index (κ1) is 21.0. The Morgan fingerprint density at radius 3 is 1.52 bits per heavy atom. The van der Waals surface area contributed by atoms with Crippen molar-refractivity contribution in [2.24, 2.45) is 10.8 Å². The summed E-state index contributed by atoms with van der Waals surface area (Å²) in [4.78, 5) is 0. The van der Waals surface area contributed by atoms with Crippen LogP contribution in [0.5, 0.6) is 0 Å². The molecule has 7 heteroatoms. The predicted molar refractivity (Wildman–Crippen MR) is 102 cm³/mol. The smallest absolute Gasteiger partial charge is 0.0754 e. The lowest BCUT2D eigenvalue weighted by Gasteiger charge is -2.32. The second-order valence-corrected chi connectivity index (χ2v) is 11.1. The Morgan fingerprint density at radius 1 is 0.840 bits per heavy atom. The third kappa shape index (κ3) is 3.58. The predicted octanol–water partition coefficient (Wildman–Crippen LogP) is 0.844. The van der Waals surface area contributed by atoms with Crippen molar-refractivity contribution in [3.05, 3.63) is 24.3 Å². The van der Waals surface area contributed by atoms with Crippen molar-refractivity contribution in [1.82, 2.24) is 0 Å². The summed E-state index contributed by atoms with van der Waals surface area (Å²) in [6.07, 6.45) is 11.5. The molecule has 2 saturated heterocycles. The highest BCUT2D eigenvalue weighted by molar-refractivity contribution is 7.86. The molecule has 2 fully saturated rings. The average Bonchev–Trinajstić information content (AvgIpc) is 2.91. The molecule has 0 aromatic carbocycles. The maximum atomic E-state index is 11.5. The summed E-state index contributed by atoms with van der Waals surface area (Å²) in [6.45, 7) is 4.03. The molecule has 25 heavy (non-hydrogen) atoms. The standard InChI is InChI=1S/2C9H14O2S.H2O/c2*1-9-5-3-2-4-8(9)12(11)6-7(9)10;/h2*3,5,7-8,10H,2,4,6H2,1H3;1H2/t2*7-,8+,9+,12-;/m11./s1. The number of aliphatic hydroxyl groups excluding tert-OH is 2. The summed E-state index contributed by atoms with van der Waals surface area (Å²) in [5.74, 6) is 0.928. The molecule has 8 atom stereocenters. The zero-order chi connectivity index (χ0) is 17.5. The van der Waals surface area contributed by atoms with E-state index in [1.54, 1.807) is 0 Å².